The van der Waals surface area contributed by atoms with E-state index >= 15 is 4.39 Å². The predicted molar refractivity (Wildman–Crippen MR) is 164 cm³/mol. The number of rotatable bonds is 2. The van der Waals surface area contributed by atoms with Gasteiger partial charge in [-0.1, -0.05) is 102 Å². The second kappa shape index (κ2) is 9.01. The van der Waals surface area contributed by atoms with E-state index in [1.54, 1.807) is 35.7 Å². The van der Waals surface area contributed by atoms with E-state index in [1.165, 1.54) is 51.9 Å². The summed E-state index contributed by atoms with van der Waals surface area (Å²) < 4.78 is 15.1. The summed E-state index contributed by atoms with van der Waals surface area (Å²) >= 11 is 3.58. The van der Waals surface area contributed by atoms with Crippen LogP contribution in [0.25, 0.3) is 54.6 Å². The quantitative estimate of drug-likeness (QED) is 0.202. The van der Waals surface area contributed by atoms with Gasteiger partial charge in [0.25, 0.3) is 0 Å². The Kier molecular flexibility index (Phi) is 5.29. The van der Waals surface area contributed by atoms with Crippen LogP contribution in [0.5, 0.6) is 0 Å². The lowest BCUT2D eigenvalue weighted by Gasteiger charge is -2.19. The van der Waals surface area contributed by atoms with Crippen LogP contribution in [0, 0.1) is 5.82 Å². The molecule has 0 nitrogen and oxygen atoms in total. The van der Waals surface area contributed by atoms with E-state index in [0.29, 0.717) is 0 Å². The Hall–Kier alpha value is -4.05. The van der Waals surface area contributed by atoms with Gasteiger partial charge in [0.05, 0.1) is 0 Å². The average Bonchev–Trinajstić information content (AvgIpc) is 2.99. The molecule has 0 aliphatic carbocycles. The molecule has 0 bridgehead atoms. The van der Waals surface area contributed by atoms with Crippen molar-refractivity contribution in [1.82, 2.24) is 0 Å². The molecule has 0 amide bonds. The third-order valence-electron chi connectivity index (χ3n) is 7.54. The predicted octanol–water partition coefficient (Wildman–Crippen LogP) is 11.2. The Balaban J connectivity index is 1.26. The molecule has 0 saturated heterocycles. The largest absolute Gasteiger partial charge is 0.207 e. The van der Waals surface area contributed by atoms with Gasteiger partial charge >= 0.3 is 0 Å². The van der Waals surface area contributed by atoms with Gasteiger partial charge in [-0.25, -0.2) is 4.39 Å². The molecule has 0 saturated carbocycles. The van der Waals surface area contributed by atoms with Crippen LogP contribution in [0.4, 0.5) is 4.39 Å². The summed E-state index contributed by atoms with van der Waals surface area (Å²) in [6.45, 7) is 0. The second-order valence-corrected chi connectivity index (χ2v) is 12.1. The lowest BCUT2D eigenvalue weighted by Crippen LogP contribution is -1.91. The van der Waals surface area contributed by atoms with Crippen molar-refractivity contribution in [2.75, 3.05) is 0 Å². The zero-order valence-corrected chi connectivity index (χ0v) is 22.5. The Morgan fingerprint density at radius 1 is 0.333 bits per heavy atom. The van der Waals surface area contributed by atoms with E-state index in [4.69, 9.17) is 0 Å². The smallest absolute Gasteiger partial charge is 0.124 e. The van der Waals surface area contributed by atoms with Gasteiger partial charge in [0.1, 0.15) is 5.82 Å². The minimum absolute atomic E-state index is 0.226. The van der Waals surface area contributed by atoms with Crippen molar-refractivity contribution in [3.63, 3.8) is 0 Å². The van der Waals surface area contributed by atoms with E-state index < -0.39 is 0 Å². The molecule has 39 heavy (non-hydrogen) atoms. The molecule has 0 unspecified atom stereocenters. The first-order valence-electron chi connectivity index (χ1n) is 12.9. The first-order valence-corrected chi connectivity index (χ1v) is 14.6. The molecule has 0 atom stereocenters. The van der Waals surface area contributed by atoms with Crippen LogP contribution in [0.1, 0.15) is 0 Å². The summed E-state index contributed by atoms with van der Waals surface area (Å²) in [4.78, 5) is 5.01. The molecular weight excluding hydrogens is 516 g/mol. The van der Waals surface area contributed by atoms with Gasteiger partial charge in [0.2, 0.25) is 0 Å². The third kappa shape index (κ3) is 3.84. The molecule has 1 aliphatic heterocycles. The molecule has 0 spiro atoms. The summed E-state index contributed by atoms with van der Waals surface area (Å²) in [5.74, 6) is -0.226. The number of halogens is 1. The summed E-state index contributed by atoms with van der Waals surface area (Å²) in [6, 6.07) is 44.0. The molecule has 1 heterocycles. The number of hydrogen-bond acceptors (Lipinski definition) is 2. The fourth-order valence-electron chi connectivity index (χ4n) is 5.72. The average molecular weight is 537 g/mol. The van der Waals surface area contributed by atoms with Crippen LogP contribution < -0.4 is 0 Å². The SMILES string of the molecule is Fc1cc(-c2ccc3c(c2)Sc2ccccc2S3)cc(-c2ccc3c4ccccc4c4ccccc4c3c2)c1. The number of fused-ring (bicyclic) bond motifs is 8. The van der Waals surface area contributed by atoms with Crippen LogP contribution >= 0.6 is 23.5 Å². The van der Waals surface area contributed by atoms with Gasteiger partial charge in [0.15, 0.2) is 0 Å². The van der Waals surface area contributed by atoms with Crippen molar-refractivity contribution in [2.45, 2.75) is 19.6 Å². The van der Waals surface area contributed by atoms with Crippen molar-refractivity contribution in [3.05, 3.63) is 133 Å². The van der Waals surface area contributed by atoms with Crippen molar-refractivity contribution >= 4 is 55.8 Å². The number of benzene rings is 7. The molecular formula is C36H21FS2. The van der Waals surface area contributed by atoms with E-state index in [9.17, 15) is 0 Å². The van der Waals surface area contributed by atoms with E-state index in [0.717, 1.165) is 22.3 Å². The normalized spacial score (nSPS) is 12.5. The molecule has 1 aliphatic rings. The fraction of sp³-hybridized carbons (Fsp3) is 0. The maximum absolute atomic E-state index is 15.1. The molecule has 7 aromatic carbocycles. The lowest BCUT2D eigenvalue weighted by molar-refractivity contribution is 0.629. The highest BCUT2D eigenvalue weighted by Gasteiger charge is 2.18. The van der Waals surface area contributed by atoms with Gasteiger partial charge < -0.3 is 0 Å². The third-order valence-corrected chi connectivity index (χ3v) is 10.1. The zero-order chi connectivity index (χ0) is 25.9. The van der Waals surface area contributed by atoms with Crippen molar-refractivity contribution < 1.29 is 4.39 Å². The summed E-state index contributed by atoms with van der Waals surface area (Å²) in [5.41, 5.74) is 3.81. The maximum atomic E-state index is 15.1. The summed E-state index contributed by atoms with van der Waals surface area (Å²) in [6.07, 6.45) is 0. The van der Waals surface area contributed by atoms with Crippen LogP contribution in [0.15, 0.2) is 147 Å². The van der Waals surface area contributed by atoms with Gasteiger partial charge in [-0.2, -0.15) is 0 Å². The molecule has 0 N–H and O–H groups in total. The molecule has 0 fully saturated rings. The molecule has 0 radical (unpaired) electrons. The summed E-state index contributed by atoms with van der Waals surface area (Å²) in [7, 11) is 0. The fourth-order valence-corrected chi connectivity index (χ4v) is 7.97. The van der Waals surface area contributed by atoms with Crippen LogP contribution in [0.2, 0.25) is 0 Å². The van der Waals surface area contributed by atoms with Gasteiger partial charge in [-0.15, -0.1) is 0 Å². The van der Waals surface area contributed by atoms with Gasteiger partial charge in [0, 0.05) is 19.6 Å². The standard InChI is InChI=1S/C36H21FS2/c37-26-18-24(17-25(19-26)23-14-16-35-36(21-23)39-34-12-6-5-11-33(34)38-35)22-13-15-31-29-9-2-1-7-27(29)28-8-3-4-10-30(28)32(31)20-22/h1-21H. The Bertz CT molecular complexity index is 2060. The van der Waals surface area contributed by atoms with Crippen LogP contribution in [-0.4, -0.2) is 0 Å². The summed E-state index contributed by atoms with van der Waals surface area (Å²) in [5, 5.41) is 7.36. The van der Waals surface area contributed by atoms with Gasteiger partial charge in [-0.3, -0.25) is 0 Å². The minimum atomic E-state index is -0.226. The maximum Gasteiger partial charge on any atom is 0.124 e. The second-order valence-electron chi connectivity index (χ2n) is 9.89. The van der Waals surface area contributed by atoms with E-state index in [-0.39, 0.29) is 5.82 Å². The van der Waals surface area contributed by atoms with E-state index in [1.807, 2.05) is 0 Å². The molecule has 7 aromatic rings. The topological polar surface area (TPSA) is 0 Å². The molecule has 3 heteroatoms. The van der Waals surface area contributed by atoms with Crippen molar-refractivity contribution in [1.29, 1.82) is 0 Å². The highest BCUT2D eigenvalue weighted by molar-refractivity contribution is 8.05. The monoisotopic (exact) mass is 536 g/mol. The first-order chi connectivity index (χ1) is 19.2. The van der Waals surface area contributed by atoms with Crippen LogP contribution in [0.3, 0.4) is 0 Å². The zero-order valence-electron chi connectivity index (χ0n) is 20.8. The first kappa shape index (κ1) is 22.9. The van der Waals surface area contributed by atoms with Gasteiger partial charge in [-0.05, 0) is 103 Å². The Morgan fingerprint density at radius 3 is 1.44 bits per heavy atom. The Morgan fingerprint density at radius 2 is 0.795 bits per heavy atom. The van der Waals surface area contributed by atoms with Crippen molar-refractivity contribution in [2.24, 2.45) is 0 Å². The highest BCUT2D eigenvalue weighted by Crippen LogP contribution is 2.49. The lowest BCUT2D eigenvalue weighted by atomic mass is 9.91. The van der Waals surface area contributed by atoms with E-state index in [2.05, 4.69) is 115 Å². The van der Waals surface area contributed by atoms with Crippen molar-refractivity contribution in [3.8, 4) is 22.3 Å². The molecule has 8 rings (SSSR count). The molecule has 0 aromatic heterocycles. The Labute approximate surface area is 234 Å². The minimum Gasteiger partial charge on any atom is -0.207 e. The highest BCUT2D eigenvalue weighted by atomic mass is 32.2. The van der Waals surface area contributed by atoms with Crippen LogP contribution in [-0.2, 0) is 0 Å². The molecule has 184 valence electrons. The number of hydrogen-bond donors (Lipinski definition) is 0.